The number of anilines is 1. The Morgan fingerprint density at radius 3 is 2.83 bits per heavy atom. The Morgan fingerprint density at radius 2 is 2.29 bits per heavy atom. The highest BCUT2D eigenvalue weighted by Crippen LogP contribution is 2.22. The zero-order valence-corrected chi connectivity index (χ0v) is 14.3. The smallest absolute Gasteiger partial charge is 0.410 e. The maximum Gasteiger partial charge on any atom is 0.410 e. The molecular formula is C17H24N4O3. The number of aliphatic hydroxyl groups is 1. The molecule has 2 N–H and O–H groups in total. The Hall–Kier alpha value is -2.33. The molecule has 1 fully saturated rings. The molecule has 1 aliphatic heterocycles. The van der Waals surface area contributed by atoms with Crippen LogP contribution in [-0.2, 0) is 4.74 Å². The lowest BCUT2D eigenvalue weighted by Crippen LogP contribution is -2.51. The fourth-order valence-corrected chi connectivity index (χ4v) is 2.61. The maximum atomic E-state index is 12.3. The summed E-state index contributed by atoms with van der Waals surface area (Å²) in [4.78, 5) is 18.1. The molecule has 1 aliphatic rings. The van der Waals surface area contributed by atoms with E-state index in [1.165, 1.54) is 6.20 Å². The van der Waals surface area contributed by atoms with Gasteiger partial charge in [0.2, 0.25) is 0 Å². The van der Waals surface area contributed by atoms with Crippen molar-refractivity contribution in [1.29, 1.82) is 5.26 Å². The van der Waals surface area contributed by atoms with E-state index in [4.69, 9.17) is 10.00 Å². The Balaban J connectivity index is 2.04. The lowest BCUT2D eigenvalue weighted by atomic mass is 9.92. The summed E-state index contributed by atoms with van der Waals surface area (Å²) in [5, 5.41) is 21.7. The van der Waals surface area contributed by atoms with Crippen LogP contribution in [0.15, 0.2) is 18.3 Å². The van der Waals surface area contributed by atoms with Crippen molar-refractivity contribution in [2.75, 3.05) is 25.0 Å². The number of hydrogen-bond donors (Lipinski definition) is 2. The molecular weight excluding hydrogens is 308 g/mol. The number of likely N-dealkylation sites (tertiary alicyclic amines) is 1. The Bertz CT molecular complexity index is 604. The van der Waals surface area contributed by atoms with Crippen molar-refractivity contribution in [2.45, 2.75) is 38.8 Å². The maximum absolute atomic E-state index is 12.3. The fourth-order valence-electron chi connectivity index (χ4n) is 2.61. The number of pyridine rings is 1. The third-order valence-electron chi connectivity index (χ3n) is 3.87. The van der Waals surface area contributed by atoms with Gasteiger partial charge < -0.3 is 20.1 Å². The quantitative estimate of drug-likeness (QED) is 0.878. The first-order valence-electron chi connectivity index (χ1n) is 8.04. The lowest BCUT2D eigenvalue weighted by molar-refractivity contribution is 0.0139. The number of aliphatic hydroxyl groups excluding tert-OH is 1. The van der Waals surface area contributed by atoms with Crippen LogP contribution in [0.3, 0.4) is 0 Å². The average Bonchev–Trinajstić information content (AvgIpc) is 2.54. The van der Waals surface area contributed by atoms with Gasteiger partial charge in [-0.05, 0) is 39.3 Å². The van der Waals surface area contributed by atoms with Crippen molar-refractivity contribution >= 4 is 11.9 Å². The lowest BCUT2D eigenvalue weighted by Gasteiger charge is -2.38. The summed E-state index contributed by atoms with van der Waals surface area (Å²) in [6.07, 6.45) is 1.83. The van der Waals surface area contributed by atoms with E-state index in [1.807, 2.05) is 26.8 Å². The van der Waals surface area contributed by atoms with E-state index in [-0.39, 0.29) is 24.7 Å². The van der Waals surface area contributed by atoms with Gasteiger partial charge >= 0.3 is 6.09 Å². The Morgan fingerprint density at radius 1 is 1.54 bits per heavy atom. The van der Waals surface area contributed by atoms with Crippen molar-refractivity contribution in [1.82, 2.24) is 9.88 Å². The predicted octanol–water partition coefficient (Wildman–Crippen LogP) is 1.98. The van der Waals surface area contributed by atoms with Crippen LogP contribution >= 0.6 is 0 Å². The van der Waals surface area contributed by atoms with E-state index >= 15 is 0 Å². The monoisotopic (exact) mass is 332 g/mol. The summed E-state index contributed by atoms with van der Waals surface area (Å²) in [6, 6.07) is 5.29. The summed E-state index contributed by atoms with van der Waals surface area (Å²) in [6.45, 7) is 6.53. The van der Waals surface area contributed by atoms with E-state index in [9.17, 15) is 9.90 Å². The highest BCUT2D eigenvalue weighted by molar-refractivity contribution is 5.68. The van der Waals surface area contributed by atoms with Gasteiger partial charge in [0.1, 0.15) is 17.5 Å². The van der Waals surface area contributed by atoms with Crippen LogP contribution in [0.4, 0.5) is 10.6 Å². The van der Waals surface area contributed by atoms with Gasteiger partial charge in [-0.2, -0.15) is 5.26 Å². The first kappa shape index (κ1) is 18.0. The molecule has 7 heteroatoms. The minimum Gasteiger partial charge on any atom is -0.444 e. The van der Waals surface area contributed by atoms with E-state index in [1.54, 1.807) is 17.0 Å². The molecule has 2 heterocycles. The van der Waals surface area contributed by atoms with Gasteiger partial charge in [-0.1, -0.05) is 0 Å². The number of hydrogen-bond acceptors (Lipinski definition) is 6. The van der Waals surface area contributed by atoms with Gasteiger partial charge in [0, 0.05) is 31.8 Å². The number of ether oxygens (including phenoxy) is 1. The third-order valence-corrected chi connectivity index (χ3v) is 3.87. The first-order valence-corrected chi connectivity index (χ1v) is 8.04. The Labute approximate surface area is 142 Å². The highest BCUT2D eigenvalue weighted by Gasteiger charge is 2.33. The van der Waals surface area contributed by atoms with E-state index in [2.05, 4.69) is 10.3 Å². The molecule has 0 aliphatic carbocycles. The zero-order chi connectivity index (χ0) is 17.7. The molecule has 1 saturated heterocycles. The molecule has 1 aromatic heterocycles. The topological polar surface area (TPSA) is 98.5 Å². The number of rotatable bonds is 3. The van der Waals surface area contributed by atoms with Crippen LogP contribution in [0.25, 0.3) is 0 Å². The van der Waals surface area contributed by atoms with Crippen molar-refractivity contribution in [2.24, 2.45) is 5.92 Å². The summed E-state index contributed by atoms with van der Waals surface area (Å²) >= 11 is 0. The van der Waals surface area contributed by atoms with Gasteiger partial charge in [0.15, 0.2) is 0 Å². The number of amides is 1. The van der Waals surface area contributed by atoms with Gasteiger partial charge in [0.25, 0.3) is 0 Å². The molecule has 130 valence electrons. The second kappa shape index (κ2) is 7.49. The van der Waals surface area contributed by atoms with Crippen LogP contribution in [0.5, 0.6) is 0 Å². The van der Waals surface area contributed by atoms with Gasteiger partial charge in [0.05, 0.1) is 11.6 Å². The molecule has 2 rings (SSSR count). The van der Waals surface area contributed by atoms with E-state index in [0.717, 1.165) is 0 Å². The second-order valence-electron chi connectivity index (χ2n) is 6.95. The molecule has 0 saturated carbocycles. The minimum absolute atomic E-state index is 0.0288. The predicted molar refractivity (Wildman–Crippen MR) is 89.4 cm³/mol. The second-order valence-corrected chi connectivity index (χ2v) is 6.95. The molecule has 1 amide bonds. The third kappa shape index (κ3) is 4.83. The number of carbonyl (C=O) groups is 1. The number of nitrogens with one attached hydrogen (secondary N) is 1. The molecule has 2 unspecified atom stereocenters. The number of nitriles is 1. The number of carbonyl (C=O) groups excluding carboxylic acids is 1. The molecule has 0 bridgehead atoms. The zero-order valence-electron chi connectivity index (χ0n) is 14.3. The number of aromatic nitrogens is 1. The first-order chi connectivity index (χ1) is 11.3. The number of piperidine rings is 1. The standard InChI is InChI=1S/C17H24N4O3/c1-17(2,3)24-16(23)21-7-6-13(11-22)14(10-21)20-15-5-4-12(8-18)9-19-15/h4-5,9,13-14,22H,6-7,10-11H2,1-3H3,(H,19,20). The summed E-state index contributed by atoms with van der Waals surface area (Å²) < 4.78 is 5.42. The molecule has 2 atom stereocenters. The van der Waals surface area contributed by atoms with Gasteiger partial charge in [-0.15, -0.1) is 0 Å². The minimum atomic E-state index is -0.539. The fraction of sp³-hybridized carbons (Fsp3) is 0.588. The normalized spacial score (nSPS) is 21.0. The molecule has 7 nitrogen and oxygen atoms in total. The molecule has 24 heavy (non-hydrogen) atoms. The SMILES string of the molecule is CC(C)(C)OC(=O)N1CCC(CO)C(Nc2ccc(C#N)cn2)C1. The van der Waals surface area contributed by atoms with Crippen LogP contribution in [0.1, 0.15) is 32.8 Å². The van der Waals surface area contributed by atoms with Gasteiger partial charge in [-0.25, -0.2) is 9.78 Å². The van der Waals surface area contributed by atoms with Crippen molar-refractivity contribution in [3.63, 3.8) is 0 Å². The van der Waals surface area contributed by atoms with Crippen LogP contribution in [0.2, 0.25) is 0 Å². The van der Waals surface area contributed by atoms with Crippen LogP contribution < -0.4 is 5.32 Å². The van der Waals surface area contributed by atoms with E-state index in [0.29, 0.717) is 30.9 Å². The van der Waals surface area contributed by atoms with Crippen LogP contribution in [-0.4, -0.2) is 52.4 Å². The molecule has 0 aromatic carbocycles. The molecule has 0 radical (unpaired) electrons. The average molecular weight is 332 g/mol. The summed E-state index contributed by atoms with van der Waals surface area (Å²) in [5.74, 6) is 0.643. The van der Waals surface area contributed by atoms with Crippen molar-refractivity contribution in [3.8, 4) is 6.07 Å². The molecule has 1 aromatic rings. The van der Waals surface area contributed by atoms with E-state index < -0.39 is 5.60 Å². The van der Waals surface area contributed by atoms with Crippen molar-refractivity contribution in [3.05, 3.63) is 23.9 Å². The number of nitrogens with zero attached hydrogens (tertiary/aromatic N) is 3. The van der Waals surface area contributed by atoms with Crippen LogP contribution in [0, 0.1) is 17.2 Å². The van der Waals surface area contributed by atoms with Crippen molar-refractivity contribution < 1.29 is 14.6 Å². The Kier molecular flexibility index (Phi) is 5.62. The molecule has 0 spiro atoms. The summed E-state index contributed by atoms with van der Waals surface area (Å²) in [5.41, 5.74) is -0.0546. The summed E-state index contributed by atoms with van der Waals surface area (Å²) in [7, 11) is 0. The largest absolute Gasteiger partial charge is 0.444 e. The highest BCUT2D eigenvalue weighted by atomic mass is 16.6. The van der Waals surface area contributed by atoms with Gasteiger partial charge in [-0.3, -0.25) is 0 Å².